The number of H-pyrrole nitrogens is 1. The van der Waals surface area contributed by atoms with Gasteiger partial charge in [0.1, 0.15) is 0 Å². The van der Waals surface area contributed by atoms with E-state index in [1.807, 2.05) is 23.9 Å². The molecule has 3 rings (SSSR count). The highest BCUT2D eigenvalue weighted by Crippen LogP contribution is 2.26. The van der Waals surface area contributed by atoms with Gasteiger partial charge in [-0.25, -0.2) is 0 Å². The highest BCUT2D eigenvalue weighted by Gasteiger charge is 2.10. The number of thioether (sulfide) groups is 1. The van der Waals surface area contributed by atoms with Gasteiger partial charge in [-0.3, -0.25) is 0 Å². The molecule has 0 saturated carbocycles. The Kier molecular flexibility index (Phi) is 4.23. The van der Waals surface area contributed by atoms with Crippen molar-refractivity contribution in [3.05, 3.63) is 65.9 Å². The van der Waals surface area contributed by atoms with Gasteiger partial charge in [-0.1, -0.05) is 36.4 Å². The van der Waals surface area contributed by atoms with Crippen LogP contribution in [0.2, 0.25) is 0 Å². The summed E-state index contributed by atoms with van der Waals surface area (Å²) in [5.41, 5.74) is 3.72. The van der Waals surface area contributed by atoms with E-state index in [2.05, 4.69) is 52.6 Å². The summed E-state index contributed by atoms with van der Waals surface area (Å²) in [6, 6.07) is 18.9. The van der Waals surface area contributed by atoms with Crippen molar-refractivity contribution in [3.8, 4) is 0 Å². The van der Waals surface area contributed by atoms with Gasteiger partial charge in [0.15, 0.2) is 0 Å². The normalized spacial score (nSPS) is 11.7. The zero-order chi connectivity index (χ0) is 15.2. The van der Waals surface area contributed by atoms with Crippen molar-refractivity contribution < 1.29 is 5.11 Å². The van der Waals surface area contributed by atoms with E-state index in [0.717, 1.165) is 18.6 Å². The van der Waals surface area contributed by atoms with Gasteiger partial charge in [-0.05, 0) is 30.2 Å². The third-order valence-electron chi connectivity index (χ3n) is 3.62. The van der Waals surface area contributed by atoms with Crippen molar-refractivity contribution in [1.82, 2.24) is 4.98 Å². The van der Waals surface area contributed by atoms with E-state index in [1.165, 1.54) is 27.1 Å². The van der Waals surface area contributed by atoms with Gasteiger partial charge in [-0.15, -0.1) is 11.8 Å². The molecule has 1 aromatic heterocycles. The number of hydrogen-bond donors (Lipinski definition) is 2. The van der Waals surface area contributed by atoms with Gasteiger partial charge < -0.3 is 10.1 Å². The molecule has 2 nitrogen and oxygen atoms in total. The average molecular weight is 299 g/mol. The molecule has 0 aliphatic carbocycles. The number of aliphatic hydroxyl groups is 1. The highest BCUT2D eigenvalue weighted by molar-refractivity contribution is 7.99. The predicted molar refractivity (Wildman–Crippen MR) is 90.0 cm³/mol. The number of nitrogens with one attached hydrogen (secondary N) is 1. The first-order valence-electron chi connectivity index (χ1n) is 7.63. The van der Waals surface area contributed by atoms with Crippen LogP contribution in [0.25, 0.3) is 10.9 Å². The van der Waals surface area contributed by atoms with E-state index < -0.39 is 0 Å². The van der Waals surface area contributed by atoms with Gasteiger partial charge >= 0.3 is 0 Å². The van der Waals surface area contributed by atoms with E-state index in [1.54, 1.807) is 0 Å². The quantitative estimate of drug-likeness (QED) is 0.646. The smallest absolute Gasteiger partial charge is 0.210 e. The molecule has 0 saturated heterocycles. The summed E-state index contributed by atoms with van der Waals surface area (Å²) in [5, 5.41) is 5.78. The molecule has 3 aromatic rings. The lowest BCUT2D eigenvalue weighted by Crippen LogP contribution is -1.97. The topological polar surface area (TPSA) is 36.0 Å². The number of aromatic amines is 1. The van der Waals surface area contributed by atoms with Gasteiger partial charge in [0.05, 0.1) is 0 Å². The molecule has 0 atom stereocenters. The maximum Gasteiger partial charge on any atom is 0.210 e. The van der Waals surface area contributed by atoms with Crippen LogP contribution in [0.5, 0.6) is 0 Å². The van der Waals surface area contributed by atoms with E-state index in [0.29, 0.717) is 6.61 Å². The minimum Gasteiger partial charge on any atom is -0.396 e. The SMILES string of the molecule is [3H]OCCc1[nH]c2ccccc2c1CCSc1ccccc1. The Hall–Kier alpha value is -1.71. The second kappa shape index (κ2) is 6.83. The van der Waals surface area contributed by atoms with Crippen LogP contribution in [0.4, 0.5) is 0 Å². The molecular formula is C18H19NOS. The molecule has 108 valence electrons. The summed E-state index contributed by atoms with van der Waals surface area (Å²) in [6.07, 6.45) is 1.76. The Balaban J connectivity index is 1.76. The predicted octanol–water partition coefficient (Wildman–Crippen LogP) is 4.04. The van der Waals surface area contributed by atoms with Crippen molar-refractivity contribution in [3.63, 3.8) is 0 Å². The van der Waals surface area contributed by atoms with Gasteiger partial charge in [0.2, 0.25) is 1.43 Å². The van der Waals surface area contributed by atoms with Crippen LogP contribution in [0, 0.1) is 0 Å². The fraction of sp³-hybridized carbons (Fsp3) is 0.222. The average Bonchev–Trinajstić information content (AvgIpc) is 2.92. The molecule has 0 fully saturated rings. The minimum atomic E-state index is 0.422. The fourth-order valence-corrected chi connectivity index (χ4v) is 3.54. The summed E-state index contributed by atoms with van der Waals surface area (Å²) in [4.78, 5) is 4.78. The first kappa shape index (κ1) is 13.0. The lowest BCUT2D eigenvalue weighted by atomic mass is 10.1. The first-order valence-corrected chi connectivity index (χ1v) is 8.21. The van der Waals surface area contributed by atoms with Crippen molar-refractivity contribution in [1.29, 1.82) is 1.43 Å². The van der Waals surface area contributed by atoms with Crippen molar-refractivity contribution in [2.75, 3.05) is 12.4 Å². The monoisotopic (exact) mass is 299 g/mol. The highest BCUT2D eigenvalue weighted by atomic mass is 32.2. The van der Waals surface area contributed by atoms with E-state index in [4.69, 9.17) is 1.43 Å². The zero-order valence-corrected chi connectivity index (χ0v) is 12.7. The number of aliphatic hydroxyl groups excluding tert-OH is 1. The minimum absolute atomic E-state index is 0.422. The molecule has 0 unspecified atom stereocenters. The largest absolute Gasteiger partial charge is 0.396 e. The number of hydrogen-bond acceptors (Lipinski definition) is 2. The molecule has 2 N–H and O–H groups in total. The summed E-state index contributed by atoms with van der Waals surface area (Å²) in [5.74, 6) is 1.04. The van der Waals surface area contributed by atoms with Crippen LogP contribution in [0.3, 0.4) is 0 Å². The Labute approximate surface area is 130 Å². The van der Waals surface area contributed by atoms with Crippen LogP contribution in [-0.4, -0.2) is 23.9 Å². The maximum atomic E-state index is 6.89. The third-order valence-corrected chi connectivity index (χ3v) is 4.63. The summed E-state index contributed by atoms with van der Waals surface area (Å²) < 4.78 is 6.89. The molecule has 3 heteroatoms. The summed E-state index contributed by atoms with van der Waals surface area (Å²) >= 11 is 1.88. The maximum absolute atomic E-state index is 6.89. The van der Waals surface area contributed by atoms with E-state index in [-0.39, 0.29) is 0 Å². The molecule has 0 amide bonds. The third kappa shape index (κ3) is 3.31. The van der Waals surface area contributed by atoms with Crippen molar-refractivity contribution >= 4 is 22.7 Å². The van der Waals surface area contributed by atoms with Gasteiger partial charge in [0, 0.05) is 40.3 Å². The summed E-state index contributed by atoms with van der Waals surface area (Å²) in [7, 11) is 0. The fourth-order valence-electron chi connectivity index (χ4n) is 2.64. The zero-order valence-electron chi connectivity index (χ0n) is 12.8. The molecule has 0 bridgehead atoms. The Morgan fingerprint density at radius 2 is 1.81 bits per heavy atom. The Bertz CT molecular complexity index is 726. The number of fused-ring (bicyclic) bond motifs is 1. The van der Waals surface area contributed by atoms with Crippen molar-refractivity contribution in [2.24, 2.45) is 0 Å². The van der Waals surface area contributed by atoms with E-state index >= 15 is 0 Å². The van der Waals surface area contributed by atoms with Gasteiger partial charge in [-0.2, -0.15) is 0 Å². The number of benzene rings is 2. The van der Waals surface area contributed by atoms with Gasteiger partial charge in [0.25, 0.3) is 0 Å². The number of aromatic nitrogens is 1. The van der Waals surface area contributed by atoms with Crippen LogP contribution in [-0.2, 0) is 12.8 Å². The molecule has 0 spiro atoms. The van der Waals surface area contributed by atoms with Crippen molar-refractivity contribution in [2.45, 2.75) is 17.7 Å². The van der Waals surface area contributed by atoms with E-state index in [9.17, 15) is 0 Å². The molecule has 0 aliphatic heterocycles. The summed E-state index contributed by atoms with van der Waals surface area (Å²) in [6.45, 7) is 0.422. The molecule has 21 heavy (non-hydrogen) atoms. The Morgan fingerprint density at radius 1 is 1.00 bits per heavy atom. The number of aryl methyl sites for hydroxylation is 1. The molecular weight excluding hydrogens is 278 g/mol. The number of para-hydroxylation sites is 1. The molecule has 1 heterocycles. The lowest BCUT2D eigenvalue weighted by Gasteiger charge is -2.04. The first-order chi connectivity index (χ1) is 10.9. The standard InChI is InChI=1S/C18H19NOS/c20-12-10-18-16(15-8-4-5-9-17(15)19-18)11-13-21-14-6-2-1-3-7-14/h1-9,19-20H,10-13H2/i20T. The number of rotatable bonds is 7. The van der Waals surface area contributed by atoms with Crippen LogP contribution >= 0.6 is 11.8 Å². The molecule has 0 aliphatic rings. The Morgan fingerprint density at radius 3 is 2.67 bits per heavy atom. The lowest BCUT2D eigenvalue weighted by molar-refractivity contribution is 0.298. The second-order valence-electron chi connectivity index (χ2n) is 4.99. The second-order valence-corrected chi connectivity index (χ2v) is 6.16. The van der Waals surface area contributed by atoms with Crippen LogP contribution in [0.1, 0.15) is 11.3 Å². The molecule has 0 radical (unpaired) electrons. The molecule has 2 aromatic carbocycles. The van der Waals surface area contributed by atoms with Crippen LogP contribution in [0.15, 0.2) is 59.5 Å². The van der Waals surface area contributed by atoms with Crippen LogP contribution < -0.4 is 0 Å².